The van der Waals surface area contributed by atoms with Crippen LogP contribution in [0.4, 0.5) is 4.39 Å². The fourth-order valence-electron chi connectivity index (χ4n) is 2.00. The van der Waals surface area contributed by atoms with Gasteiger partial charge in [0.25, 0.3) is 0 Å². The lowest BCUT2D eigenvalue weighted by molar-refractivity contribution is -0.116. The number of carbonyl (C=O) groups is 1. The molecule has 0 unspecified atom stereocenters. The molecule has 5 heteroatoms. The van der Waals surface area contributed by atoms with Crippen LogP contribution in [0.15, 0.2) is 54.6 Å². The van der Waals surface area contributed by atoms with Gasteiger partial charge in [-0.05, 0) is 60.9 Å². The van der Waals surface area contributed by atoms with Crippen LogP contribution in [0.5, 0.6) is 5.75 Å². The molecule has 3 nitrogen and oxygen atoms in total. The lowest BCUT2D eigenvalue weighted by Crippen LogP contribution is -2.22. The van der Waals surface area contributed by atoms with E-state index in [0.717, 1.165) is 18.6 Å². The zero-order valence-corrected chi connectivity index (χ0v) is 13.9. The quantitative estimate of drug-likeness (QED) is 0.565. The first-order valence-corrected chi connectivity index (χ1v) is 8.11. The van der Waals surface area contributed by atoms with E-state index in [4.69, 9.17) is 16.3 Å². The zero-order valence-electron chi connectivity index (χ0n) is 13.2. The maximum atomic E-state index is 13.0. The molecule has 0 heterocycles. The summed E-state index contributed by atoms with van der Waals surface area (Å²) >= 11 is 5.80. The van der Waals surface area contributed by atoms with Crippen molar-refractivity contribution in [1.29, 1.82) is 0 Å². The molecule has 126 valence electrons. The summed E-state index contributed by atoms with van der Waals surface area (Å²) < 4.78 is 18.6. The summed E-state index contributed by atoms with van der Waals surface area (Å²) in [5, 5.41) is 3.46. The molecule has 0 bridgehead atoms. The smallest absolute Gasteiger partial charge is 0.243 e. The SMILES string of the molecule is O=C(C=Cc1cccc(F)c1)NCCCCOc1ccc(Cl)cc1. The molecule has 0 radical (unpaired) electrons. The van der Waals surface area contributed by atoms with Gasteiger partial charge in [0.05, 0.1) is 6.61 Å². The summed E-state index contributed by atoms with van der Waals surface area (Å²) in [5.41, 5.74) is 0.654. The van der Waals surface area contributed by atoms with E-state index in [1.54, 1.807) is 30.3 Å². The van der Waals surface area contributed by atoms with Crippen LogP contribution in [-0.2, 0) is 4.79 Å². The average molecular weight is 348 g/mol. The van der Waals surface area contributed by atoms with Crippen molar-refractivity contribution in [3.63, 3.8) is 0 Å². The monoisotopic (exact) mass is 347 g/mol. The Hall–Kier alpha value is -2.33. The third kappa shape index (κ3) is 6.84. The molecular formula is C19H19ClFNO2. The third-order valence-corrected chi connectivity index (χ3v) is 3.48. The Morgan fingerprint density at radius 2 is 1.96 bits per heavy atom. The first kappa shape index (κ1) is 18.0. The fourth-order valence-corrected chi connectivity index (χ4v) is 2.13. The van der Waals surface area contributed by atoms with E-state index in [9.17, 15) is 9.18 Å². The molecule has 0 saturated carbocycles. The average Bonchev–Trinajstić information content (AvgIpc) is 2.58. The normalized spacial score (nSPS) is 10.8. The number of nitrogens with one attached hydrogen (secondary N) is 1. The molecule has 2 aromatic rings. The minimum Gasteiger partial charge on any atom is -0.494 e. The number of halogens is 2. The Labute approximate surface area is 146 Å². The lowest BCUT2D eigenvalue weighted by Gasteiger charge is -2.06. The first-order chi connectivity index (χ1) is 11.6. The molecule has 24 heavy (non-hydrogen) atoms. The maximum absolute atomic E-state index is 13.0. The van der Waals surface area contributed by atoms with Gasteiger partial charge in [-0.15, -0.1) is 0 Å². The number of ether oxygens (including phenoxy) is 1. The van der Waals surface area contributed by atoms with Crippen LogP contribution in [0.2, 0.25) is 5.02 Å². The van der Waals surface area contributed by atoms with Gasteiger partial charge < -0.3 is 10.1 Å². The Morgan fingerprint density at radius 1 is 1.17 bits per heavy atom. The van der Waals surface area contributed by atoms with E-state index >= 15 is 0 Å². The van der Waals surface area contributed by atoms with Crippen LogP contribution in [0, 0.1) is 5.82 Å². The minimum absolute atomic E-state index is 0.196. The topological polar surface area (TPSA) is 38.3 Å². The van der Waals surface area contributed by atoms with Crippen LogP contribution in [0.1, 0.15) is 18.4 Å². The number of benzene rings is 2. The fraction of sp³-hybridized carbons (Fsp3) is 0.211. The van der Waals surface area contributed by atoms with Gasteiger partial charge in [-0.1, -0.05) is 23.7 Å². The van der Waals surface area contributed by atoms with Gasteiger partial charge in [0, 0.05) is 17.6 Å². The summed E-state index contributed by atoms with van der Waals surface area (Å²) in [7, 11) is 0. The summed E-state index contributed by atoms with van der Waals surface area (Å²) in [4.78, 5) is 11.7. The van der Waals surface area contributed by atoms with Gasteiger partial charge in [0.1, 0.15) is 11.6 Å². The summed E-state index contributed by atoms with van der Waals surface area (Å²) in [6.45, 7) is 1.15. The molecule has 0 fully saturated rings. The number of hydrogen-bond donors (Lipinski definition) is 1. The van der Waals surface area contributed by atoms with E-state index in [1.807, 2.05) is 12.1 Å². The Kier molecular flexibility index (Phi) is 7.30. The summed E-state index contributed by atoms with van der Waals surface area (Å²) in [5.74, 6) is 0.262. The second kappa shape index (κ2) is 9.73. The largest absolute Gasteiger partial charge is 0.494 e. The molecule has 2 aromatic carbocycles. The molecule has 0 aliphatic carbocycles. The van der Waals surface area contributed by atoms with Crippen LogP contribution >= 0.6 is 11.6 Å². The van der Waals surface area contributed by atoms with Crippen molar-refractivity contribution in [3.8, 4) is 5.75 Å². The predicted molar refractivity (Wildman–Crippen MR) is 94.6 cm³/mol. The molecule has 0 aliphatic heterocycles. The van der Waals surface area contributed by atoms with Crippen LogP contribution < -0.4 is 10.1 Å². The van der Waals surface area contributed by atoms with E-state index in [0.29, 0.717) is 23.7 Å². The van der Waals surface area contributed by atoms with Gasteiger partial charge in [-0.3, -0.25) is 4.79 Å². The van der Waals surface area contributed by atoms with E-state index in [2.05, 4.69) is 5.32 Å². The van der Waals surface area contributed by atoms with Crippen LogP contribution in [-0.4, -0.2) is 19.1 Å². The molecule has 0 atom stereocenters. The highest BCUT2D eigenvalue weighted by molar-refractivity contribution is 6.30. The van der Waals surface area contributed by atoms with Crippen molar-refractivity contribution in [2.45, 2.75) is 12.8 Å². The van der Waals surface area contributed by atoms with E-state index in [1.165, 1.54) is 18.2 Å². The van der Waals surface area contributed by atoms with Crippen molar-refractivity contribution >= 4 is 23.6 Å². The number of amides is 1. The second-order valence-electron chi connectivity index (χ2n) is 5.19. The molecule has 0 spiro atoms. The molecule has 1 N–H and O–H groups in total. The highest BCUT2D eigenvalue weighted by Gasteiger charge is 1.97. The Balaban J connectivity index is 1.58. The Morgan fingerprint density at radius 3 is 2.71 bits per heavy atom. The standard InChI is InChI=1S/C19H19ClFNO2/c20-16-7-9-18(10-8-16)24-13-2-1-12-22-19(23)11-6-15-4-3-5-17(21)14-15/h3-11,14H,1-2,12-13H2,(H,22,23). The molecule has 1 amide bonds. The first-order valence-electron chi connectivity index (χ1n) is 7.73. The minimum atomic E-state index is -0.321. The molecule has 0 aliphatic rings. The van der Waals surface area contributed by atoms with Crippen molar-refractivity contribution in [2.75, 3.05) is 13.2 Å². The molecule has 0 saturated heterocycles. The lowest BCUT2D eigenvalue weighted by atomic mass is 10.2. The van der Waals surface area contributed by atoms with Gasteiger partial charge in [-0.25, -0.2) is 4.39 Å². The van der Waals surface area contributed by atoms with Crippen molar-refractivity contribution in [2.24, 2.45) is 0 Å². The molecule has 2 rings (SSSR count). The predicted octanol–water partition coefficient (Wildman–Crippen LogP) is 4.47. The van der Waals surface area contributed by atoms with E-state index < -0.39 is 0 Å². The van der Waals surface area contributed by atoms with Crippen molar-refractivity contribution in [3.05, 3.63) is 71.0 Å². The third-order valence-electron chi connectivity index (χ3n) is 3.23. The van der Waals surface area contributed by atoms with Crippen LogP contribution in [0.3, 0.4) is 0 Å². The van der Waals surface area contributed by atoms with Gasteiger partial charge in [0.2, 0.25) is 5.91 Å². The van der Waals surface area contributed by atoms with Gasteiger partial charge >= 0.3 is 0 Å². The zero-order chi connectivity index (χ0) is 17.2. The summed E-state index contributed by atoms with van der Waals surface area (Å²) in [6, 6.07) is 13.3. The highest BCUT2D eigenvalue weighted by Crippen LogP contribution is 2.15. The molecular weight excluding hydrogens is 329 g/mol. The summed E-state index contributed by atoms with van der Waals surface area (Å²) in [6.07, 6.45) is 4.63. The van der Waals surface area contributed by atoms with E-state index in [-0.39, 0.29) is 11.7 Å². The van der Waals surface area contributed by atoms with Crippen molar-refractivity contribution in [1.82, 2.24) is 5.32 Å². The molecule has 0 aromatic heterocycles. The van der Waals surface area contributed by atoms with Crippen LogP contribution in [0.25, 0.3) is 6.08 Å². The number of rotatable bonds is 8. The van der Waals surface area contributed by atoms with Gasteiger partial charge in [-0.2, -0.15) is 0 Å². The Bertz CT molecular complexity index is 686. The van der Waals surface area contributed by atoms with Crippen molar-refractivity contribution < 1.29 is 13.9 Å². The number of unbranched alkanes of at least 4 members (excludes halogenated alkanes) is 1. The number of hydrogen-bond acceptors (Lipinski definition) is 2. The second-order valence-corrected chi connectivity index (χ2v) is 5.63. The maximum Gasteiger partial charge on any atom is 0.243 e. The highest BCUT2D eigenvalue weighted by atomic mass is 35.5. The van der Waals surface area contributed by atoms with Gasteiger partial charge in [0.15, 0.2) is 0 Å². The number of carbonyl (C=O) groups excluding carboxylic acids is 1.